The second-order valence-corrected chi connectivity index (χ2v) is 6.95. The average Bonchev–Trinajstić information content (AvgIpc) is 2.63. The molecule has 2 N–H and O–H groups in total. The molecule has 0 aliphatic carbocycles. The molecule has 0 aromatic heterocycles. The van der Waals surface area contributed by atoms with Gasteiger partial charge in [-0.25, -0.2) is 0 Å². The Balaban J connectivity index is 2.53. The highest BCUT2D eigenvalue weighted by atomic mass is 16.5. The van der Waals surface area contributed by atoms with Crippen molar-refractivity contribution in [1.82, 2.24) is 0 Å². The Hall–Kier alpha value is -1.55. The summed E-state index contributed by atoms with van der Waals surface area (Å²) < 4.78 is 6.11. The van der Waals surface area contributed by atoms with Gasteiger partial charge in [0.05, 0.1) is 11.9 Å². The van der Waals surface area contributed by atoms with Gasteiger partial charge in [-0.15, -0.1) is 0 Å². The van der Waals surface area contributed by atoms with Crippen LogP contribution in [-0.4, -0.2) is 22.3 Å². The molecule has 0 aromatic rings. The summed E-state index contributed by atoms with van der Waals surface area (Å²) >= 11 is 0. The zero-order valence-corrected chi connectivity index (χ0v) is 15.7. The third-order valence-corrected chi connectivity index (χ3v) is 4.43. The van der Waals surface area contributed by atoms with Crippen molar-refractivity contribution in [2.45, 2.75) is 84.2 Å². The fourth-order valence-corrected chi connectivity index (χ4v) is 2.88. The van der Waals surface area contributed by atoms with E-state index in [0.29, 0.717) is 5.92 Å². The van der Waals surface area contributed by atoms with E-state index in [2.05, 4.69) is 19.9 Å². The fourth-order valence-electron chi connectivity index (χ4n) is 2.88. The summed E-state index contributed by atoms with van der Waals surface area (Å²) in [5, 5.41) is 18.7. The Bertz CT molecular complexity index is 476. The van der Waals surface area contributed by atoms with Crippen molar-refractivity contribution in [1.29, 1.82) is 0 Å². The lowest BCUT2D eigenvalue weighted by Crippen LogP contribution is -2.03. The van der Waals surface area contributed by atoms with E-state index >= 15 is 0 Å². The van der Waals surface area contributed by atoms with Gasteiger partial charge in [0.15, 0.2) is 0 Å². The van der Waals surface area contributed by atoms with Gasteiger partial charge in [0.2, 0.25) is 0 Å². The Morgan fingerprint density at radius 1 is 1.24 bits per heavy atom. The summed E-state index contributed by atoms with van der Waals surface area (Å²) in [6.07, 6.45) is 15.8. The minimum atomic E-state index is -0.721. The van der Waals surface area contributed by atoms with Crippen LogP contribution in [0.2, 0.25) is 0 Å². The van der Waals surface area contributed by atoms with Crippen molar-refractivity contribution in [2.75, 3.05) is 0 Å². The molecule has 1 rings (SSSR count). The third-order valence-electron chi connectivity index (χ3n) is 4.43. The number of allylic oxidation sites excluding steroid dienone is 4. The summed E-state index contributed by atoms with van der Waals surface area (Å²) in [5.41, 5.74) is 0. The molecule has 0 aromatic carbocycles. The van der Waals surface area contributed by atoms with Crippen molar-refractivity contribution in [3.8, 4) is 0 Å². The monoisotopic (exact) mass is 350 g/mol. The van der Waals surface area contributed by atoms with Crippen molar-refractivity contribution in [3.63, 3.8) is 0 Å². The van der Waals surface area contributed by atoms with E-state index in [1.54, 1.807) is 6.08 Å². The highest BCUT2D eigenvalue weighted by molar-refractivity contribution is 5.66. The highest BCUT2D eigenvalue weighted by Crippen LogP contribution is 2.23. The fraction of sp³-hybridized carbons (Fsp3) is 0.667. The molecule has 0 spiro atoms. The molecule has 1 heterocycles. The number of aliphatic carboxylic acids is 1. The molecule has 0 saturated carbocycles. The number of carboxylic acid groups (broad SMARTS) is 1. The summed E-state index contributed by atoms with van der Waals surface area (Å²) in [6.45, 7) is 4.34. The zero-order chi connectivity index (χ0) is 18.5. The number of ether oxygens (including phenoxy) is 1. The largest absolute Gasteiger partial charge is 0.481 e. The Morgan fingerprint density at radius 3 is 2.76 bits per heavy atom. The molecule has 2 unspecified atom stereocenters. The van der Waals surface area contributed by atoms with Crippen LogP contribution < -0.4 is 0 Å². The summed E-state index contributed by atoms with van der Waals surface area (Å²) in [6, 6.07) is 0. The molecule has 0 bridgehead atoms. The Kier molecular flexibility index (Phi) is 11.0. The second-order valence-electron chi connectivity index (χ2n) is 6.95. The van der Waals surface area contributed by atoms with Crippen molar-refractivity contribution < 1.29 is 19.7 Å². The molecule has 0 amide bonds. The Morgan fingerprint density at radius 2 is 2.04 bits per heavy atom. The second kappa shape index (κ2) is 12.8. The maximum Gasteiger partial charge on any atom is 0.303 e. The summed E-state index contributed by atoms with van der Waals surface area (Å²) in [7, 11) is 0. The molecular formula is C21H34O4. The lowest BCUT2D eigenvalue weighted by molar-refractivity contribution is -0.137. The van der Waals surface area contributed by atoms with Crippen LogP contribution in [0.25, 0.3) is 0 Å². The predicted octanol–water partition coefficient (Wildman–Crippen LogP) is 5.34. The first-order valence-corrected chi connectivity index (χ1v) is 9.65. The third kappa shape index (κ3) is 10.8. The first-order chi connectivity index (χ1) is 12.0. The number of aliphatic hydroxyl groups excluding tert-OH is 1. The van der Waals surface area contributed by atoms with Crippen LogP contribution in [0.1, 0.15) is 78.1 Å². The van der Waals surface area contributed by atoms with Crippen LogP contribution in [0.3, 0.4) is 0 Å². The number of hydrogen-bond acceptors (Lipinski definition) is 3. The molecule has 1 aliphatic rings. The minimum absolute atomic E-state index is 0.247. The van der Waals surface area contributed by atoms with Crippen LogP contribution in [0.4, 0.5) is 0 Å². The molecule has 25 heavy (non-hydrogen) atoms. The first kappa shape index (κ1) is 21.5. The van der Waals surface area contributed by atoms with E-state index < -0.39 is 12.1 Å². The minimum Gasteiger partial charge on any atom is -0.481 e. The molecular weight excluding hydrogens is 316 g/mol. The van der Waals surface area contributed by atoms with Gasteiger partial charge in [0, 0.05) is 19.3 Å². The van der Waals surface area contributed by atoms with Crippen LogP contribution >= 0.6 is 0 Å². The average molecular weight is 350 g/mol. The van der Waals surface area contributed by atoms with E-state index in [1.165, 1.54) is 0 Å². The Labute approximate surface area is 152 Å². The van der Waals surface area contributed by atoms with E-state index in [4.69, 9.17) is 9.84 Å². The van der Waals surface area contributed by atoms with Gasteiger partial charge >= 0.3 is 5.97 Å². The normalized spacial score (nSPS) is 19.1. The van der Waals surface area contributed by atoms with Crippen molar-refractivity contribution >= 4 is 5.97 Å². The van der Waals surface area contributed by atoms with Gasteiger partial charge in [0.25, 0.3) is 0 Å². The van der Waals surface area contributed by atoms with Gasteiger partial charge in [-0.2, -0.15) is 0 Å². The zero-order valence-electron chi connectivity index (χ0n) is 15.7. The van der Waals surface area contributed by atoms with Crippen molar-refractivity contribution in [3.05, 3.63) is 35.8 Å². The van der Waals surface area contributed by atoms with E-state index in [-0.39, 0.29) is 6.42 Å². The maximum atomic E-state index is 10.6. The lowest BCUT2D eigenvalue weighted by atomic mass is 9.98. The topological polar surface area (TPSA) is 66.8 Å². The standard InChI is InChI=1S/C21H34O4/c1-3-4-5-12-20-16-18(22)10-6-7-11-19(25-20)15-14-17(2)9-8-13-21(23)24/h6,10-11,16-18,22H,3-5,7-9,12-15H2,1-2H3,(H,23,24). The first-order valence-electron chi connectivity index (χ1n) is 9.65. The molecule has 4 nitrogen and oxygen atoms in total. The number of hydrogen-bond donors (Lipinski definition) is 2. The molecule has 0 radical (unpaired) electrons. The number of unbranched alkanes of at least 4 members (excludes halogenated alkanes) is 2. The van der Waals surface area contributed by atoms with Gasteiger partial charge < -0.3 is 14.9 Å². The summed E-state index contributed by atoms with van der Waals surface area (Å²) in [4.78, 5) is 10.6. The van der Waals surface area contributed by atoms with Crippen LogP contribution in [0, 0.1) is 5.92 Å². The van der Waals surface area contributed by atoms with Crippen LogP contribution in [0.15, 0.2) is 35.8 Å². The van der Waals surface area contributed by atoms with Crippen molar-refractivity contribution in [2.24, 2.45) is 5.92 Å². The quantitative estimate of drug-likeness (QED) is 0.390. The van der Waals surface area contributed by atoms with Crippen LogP contribution in [-0.2, 0) is 9.53 Å². The molecule has 4 heteroatoms. The van der Waals surface area contributed by atoms with E-state index in [0.717, 1.165) is 69.3 Å². The molecule has 142 valence electrons. The van der Waals surface area contributed by atoms with E-state index in [1.807, 2.05) is 12.2 Å². The summed E-state index contributed by atoms with van der Waals surface area (Å²) in [5.74, 6) is 1.58. The smallest absolute Gasteiger partial charge is 0.303 e. The number of rotatable bonds is 11. The molecule has 0 saturated heterocycles. The van der Waals surface area contributed by atoms with Gasteiger partial charge in [0.1, 0.15) is 5.76 Å². The van der Waals surface area contributed by atoms with Gasteiger partial charge in [-0.05, 0) is 43.8 Å². The molecule has 2 atom stereocenters. The van der Waals surface area contributed by atoms with E-state index in [9.17, 15) is 9.90 Å². The molecule has 0 fully saturated rings. The number of carbonyl (C=O) groups is 1. The SMILES string of the molecule is CCCCCC1=CC(O)C=CCC=C(CCC(C)CCCC(=O)O)O1. The predicted molar refractivity (Wildman–Crippen MR) is 101 cm³/mol. The highest BCUT2D eigenvalue weighted by Gasteiger charge is 2.11. The number of carboxylic acids is 1. The van der Waals surface area contributed by atoms with Crippen LogP contribution in [0.5, 0.6) is 0 Å². The number of aliphatic hydroxyl groups is 1. The lowest BCUT2D eigenvalue weighted by Gasteiger charge is -2.16. The molecule has 1 aliphatic heterocycles. The van der Waals surface area contributed by atoms with Gasteiger partial charge in [-0.3, -0.25) is 4.79 Å². The maximum absolute atomic E-state index is 10.6. The van der Waals surface area contributed by atoms with Gasteiger partial charge in [-0.1, -0.05) is 45.3 Å².